The number of rotatable bonds is 2. The SMILES string of the molecule is CC1(C)c2ccccc2N(c2cc3c(c4ccccc24)[Si](C)(C)c2c-3cc(N3c4ccccc4C(C)(C)c4ccccc43)c3ccccc23)c2ccccc21. The van der Waals surface area contributed by atoms with Gasteiger partial charge < -0.3 is 9.80 Å². The molecule has 8 aromatic rings. The summed E-state index contributed by atoms with van der Waals surface area (Å²) in [5, 5.41) is 8.47. The van der Waals surface area contributed by atoms with Gasteiger partial charge in [-0.2, -0.15) is 0 Å². The van der Waals surface area contributed by atoms with Gasteiger partial charge >= 0.3 is 0 Å². The van der Waals surface area contributed by atoms with E-state index in [2.05, 4.69) is 208 Å². The maximum absolute atomic E-state index is 2.58. The number of benzene rings is 8. The summed E-state index contributed by atoms with van der Waals surface area (Å²) in [6, 6.07) is 59.7. The van der Waals surface area contributed by atoms with Crippen molar-refractivity contribution in [2.45, 2.75) is 51.6 Å². The van der Waals surface area contributed by atoms with Crippen molar-refractivity contribution >= 4 is 74.1 Å². The highest BCUT2D eigenvalue weighted by Crippen LogP contribution is 2.56. The van der Waals surface area contributed by atoms with Gasteiger partial charge in [-0.25, -0.2) is 0 Å². The molecule has 0 spiro atoms. The number of hydrogen-bond donors (Lipinski definition) is 0. The third kappa shape index (κ3) is 4.19. The molecule has 0 saturated heterocycles. The van der Waals surface area contributed by atoms with Gasteiger partial charge in [-0.05, 0) is 90.9 Å². The van der Waals surface area contributed by atoms with E-state index in [9.17, 15) is 0 Å². The lowest BCUT2D eigenvalue weighted by Gasteiger charge is -2.42. The van der Waals surface area contributed by atoms with E-state index in [1.54, 1.807) is 10.4 Å². The van der Waals surface area contributed by atoms with Gasteiger partial charge in [-0.1, -0.05) is 162 Å². The lowest BCUT2D eigenvalue weighted by Crippen LogP contribution is -2.50. The minimum Gasteiger partial charge on any atom is -0.309 e. The molecule has 0 aromatic heterocycles. The van der Waals surface area contributed by atoms with Crippen molar-refractivity contribution in [1.29, 1.82) is 0 Å². The molecule has 8 aromatic carbocycles. The highest BCUT2D eigenvalue weighted by atomic mass is 28.3. The smallest absolute Gasteiger partial charge is 0.115 e. The standard InChI is InChI=1S/C52H44N2Si/c1-51(2)39-23-11-15-27-43(39)53(44-28-16-12-24-40(44)51)47-31-37-38-32-48(54-45-29-17-13-25-41(45)52(3,4)42-26-14-18-30-46(42)54)34-20-8-10-22-36(34)50(38)55(5,6)49(37)35-21-9-7-19-33(35)47/h7-32H,1-6H3. The van der Waals surface area contributed by atoms with Gasteiger partial charge in [0.25, 0.3) is 0 Å². The summed E-state index contributed by atoms with van der Waals surface area (Å²) in [6.07, 6.45) is 0. The Morgan fingerprint density at radius 2 is 0.618 bits per heavy atom. The average Bonchev–Trinajstić information content (AvgIpc) is 3.44. The number of nitrogens with zero attached hydrogens (tertiary/aromatic N) is 2. The summed E-state index contributed by atoms with van der Waals surface area (Å²) >= 11 is 0. The third-order valence-corrected chi connectivity index (χ3v) is 16.9. The molecule has 0 N–H and O–H groups in total. The second kappa shape index (κ2) is 11.1. The fourth-order valence-electron chi connectivity index (χ4n) is 10.8. The largest absolute Gasteiger partial charge is 0.309 e. The molecule has 3 heteroatoms. The van der Waals surface area contributed by atoms with Gasteiger partial charge in [-0.3, -0.25) is 0 Å². The zero-order chi connectivity index (χ0) is 37.4. The Labute approximate surface area is 325 Å². The summed E-state index contributed by atoms with van der Waals surface area (Å²) in [7, 11) is -2.23. The maximum Gasteiger partial charge on any atom is 0.115 e. The van der Waals surface area contributed by atoms with Crippen LogP contribution in [0.2, 0.25) is 13.1 Å². The van der Waals surface area contributed by atoms with E-state index in [-0.39, 0.29) is 10.8 Å². The second-order valence-electron chi connectivity index (χ2n) is 17.3. The van der Waals surface area contributed by atoms with Crippen LogP contribution in [0.25, 0.3) is 32.7 Å². The molecule has 0 saturated carbocycles. The zero-order valence-electron chi connectivity index (χ0n) is 32.4. The fourth-order valence-corrected chi connectivity index (χ4v) is 14.6. The highest BCUT2D eigenvalue weighted by Gasteiger charge is 2.44. The van der Waals surface area contributed by atoms with Gasteiger partial charge in [0, 0.05) is 21.6 Å². The van der Waals surface area contributed by atoms with Crippen LogP contribution in [-0.4, -0.2) is 8.07 Å². The van der Waals surface area contributed by atoms with Crippen molar-refractivity contribution in [2.24, 2.45) is 0 Å². The van der Waals surface area contributed by atoms with Gasteiger partial charge in [0.2, 0.25) is 0 Å². The molecule has 11 rings (SSSR count). The first-order valence-corrected chi connectivity index (χ1v) is 22.7. The Bertz CT molecular complexity index is 2640. The van der Waals surface area contributed by atoms with E-state index in [0.717, 1.165) is 0 Å². The number of hydrogen-bond acceptors (Lipinski definition) is 2. The normalized spacial score (nSPS) is 16.5. The molecule has 0 radical (unpaired) electrons. The first-order valence-electron chi connectivity index (χ1n) is 19.7. The Balaban J connectivity index is 1.24. The third-order valence-electron chi connectivity index (χ3n) is 13.3. The Morgan fingerprint density at radius 3 is 0.945 bits per heavy atom. The predicted octanol–water partition coefficient (Wildman–Crippen LogP) is 13.0. The second-order valence-corrected chi connectivity index (χ2v) is 21.6. The Morgan fingerprint density at radius 1 is 0.345 bits per heavy atom. The predicted molar refractivity (Wildman–Crippen MR) is 237 cm³/mol. The molecule has 3 aliphatic heterocycles. The van der Waals surface area contributed by atoms with Gasteiger partial charge in [-0.15, -0.1) is 0 Å². The van der Waals surface area contributed by atoms with Gasteiger partial charge in [0.05, 0.1) is 34.1 Å². The van der Waals surface area contributed by atoms with Crippen LogP contribution in [0.3, 0.4) is 0 Å². The van der Waals surface area contributed by atoms with E-state index >= 15 is 0 Å². The Hall–Kier alpha value is -5.90. The van der Waals surface area contributed by atoms with E-state index < -0.39 is 8.07 Å². The molecule has 55 heavy (non-hydrogen) atoms. The molecular formula is C52H44N2Si. The first-order chi connectivity index (χ1) is 26.6. The molecule has 0 amide bonds. The Kier molecular flexibility index (Phi) is 6.56. The van der Waals surface area contributed by atoms with Crippen LogP contribution in [0.1, 0.15) is 49.9 Å². The summed E-state index contributed by atoms with van der Waals surface area (Å²) in [5.74, 6) is 0. The highest BCUT2D eigenvalue weighted by molar-refractivity contribution is 7.06. The summed E-state index contributed by atoms with van der Waals surface area (Å²) < 4.78 is 0. The van der Waals surface area contributed by atoms with E-state index in [1.807, 2.05) is 0 Å². The average molecular weight is 725 g/mol. The topological polar surface area (TPSA) is 6.48 Å². The monoisotopic (exact) mass is 724 g/mol. The van der Waals surface area contributed by atoms with Crippen molar-refractivity contribution in [3.63, 3.8) is 0 Å². The first kappa shape index (κ1) is 32.5. The number of fused-ring (bicyclic) bond motifs is 11. The van der Waals surface area contributed by atoms with E-state index in [4.69, 9.17) is 0 Å². The summed E-state index contributed by atoms with van der Waals surface area (Å²) in [5.41, 5.74) is 15.4. The molecule has 0 unspecified atom stereocenters. The lowest BCUT2D eigenvalue weighted by atomic mass is 9.73. The van der Waals surface area contributed by atoms with Crippen LogP contribution in [-0.2, 0) is 10.8 Å². The molecule has 3 heterocycles. The van der Waals surface area contributed by atoms with Crippen LogP contribution in [0, 0.1) is 0 Å². The van der Waals surface area contributed by atoms with Crippen molar-refractivity contribution < 1.29 is 0 Å². The van der Waals surface area contributed by atoms with Crippen LogP contribution in [0.4, 0.5) is 34.1 Å². The molecule has 0 atom stereocenters. The summed E-state index contributed by atoms with van der Waals surface area (Å²) in [6.45, 7) is 14.7. The number of anilines is 6. The minimum atomic E-state index is -2.23. The van der Waals surface area contributed by atoms with Crippen LogP contribution in [0.15, 0.2) is 158 Å². The molecule has 0 bridgehead atoms. The van der Waals surface area contributed by atoms with Crippen molar-refractivity contribution in [3.8, 4) is 11.1 Å². The summed E-state index contributed by atoms with van der Waals surface area (Å²) in [4.78, 5) is 5.12. The zero-order valence-corrected chi connectivity index (χ0v) is 33.4. The lowest BCUT2D eigenvalue weighted by molar-refractivity contribution is 0.632. The van der Waals surface area contributed by atoms with Crippen molar-refractivity contribution in [2.75, 3.05) is 9.80 Å². The maximum atomic E-state index is 2.58. The molecule has 0 aliphatic carbocycles. The number of para-hydroxylation sites is 4. The van der Waals surface area contributed by atoms with Crippen LogP contribution >= 0.6 is 0 Å². The molecule has 3 aliphatic rings. The quantitative estimate of drug-likeness (QED) is 0.164. The molecule has 2 nitrogen and oxygen atoms in total. The fraction of sp³-hybridized carbons (Fsp3) is 0.154. The van der Waals surface area contributed by atoms with Crippen LogP contribution < -0.4 is 20.2 Å². The van der Waals surface area contributed by atoms with Gasteiger partial charge in [0.1, 0.15) is 8.07 Å². The van der Waals surface area contributed by atoms with Crippen LogP contribution in [0.5, 0.6) is 0 Å². The van der Waals surface area contributed by atoms with Gasteiger partial charge in [0.15, 0.2) is 0 Å². The molecule has 266 valence electrons. The van der Waals surface area contributed by atoms with Crippen molar-refractivity contribution in [1.82, 2.24) is 0 Å². The minimum absolute atomic E-state index is 0.124. The van der Waals surface area contributed by atoms with E-state index in [1.165, 1.54) is 89.0 Å². The molecular weight excluding hydrogens is 681 g/mol. The van der Waals surface area contributed by atoms with Crippen molar-refractivity contribution in [3.05, 3.63) is 180 Å². The van der Waals surface area contributed by atoms with E-state index in [0.29, 0.717) is 0 Å². The molecule has 0 fully saturated rings.